The average Bonchev–Trinajstić information content (AvgIpc) is 2.36. The molecule has 108 valence electrons. The van der Waals surface area contributed by atoms with Gasteiger partial charge in [0, 0.05) is 19.1 Å². The average molecular weight is 286 g/mol. The normalized spacial score (nSPS) is 13.1. The summed E-state index contributed by atoms with van der Waals surface area (Å²) in [6, 6.07) is 4.03. The van der Waals surface area contributed by atoms with Crippen molar-refractivity contribution in [3.8, 4) is 0 Å². The fraction of sp³-hybridized carbons (Fsp3) is 0.615. The first-order valence-electron chi connectivity index (χ1n) is 6.48. The fourth-order valence-electron chi connectivity index (χ4n) is 2.09. The maximum Gasteiger partial charge on any atom is 0.140 e. The van der Waals surface area contributed by atoms with E-state index in [1.165, 1.54) is 0 Å². The predicted molar refractivity (Wildman–Crippen MR) is 81.2 cm³/mol. The molecule has 6 heteroatoms. The molecule has 1 aromatic heterocycles. The first-order valence-corrected chi connectivity index (χ1v) is 6.86. The zero-order valence-electron chi connectivity index (χ0n) is 12.2. The van der Waals surface area contributed by atoms with Crippen LogP contribution in [0.25, 0.3) is 0 Å². The zero-order valence-corrected chi connectivity index (χ0v) is 12.9. The van der Waals surface area contributed by atoms with E-state index in [9.17, 15) is 0 Å². The van der Waals surface area contributed by atoms with Crippen LogP contribution in [0.3, 0.4) is 0 Å². The Morgan fingerprint density at radius 2 is 2.11 bits per heavy atom. The van der Waals surface area contributed by atoms with Crippen LogP contribution in [0.5, 0.6) is 0 Å². The lowest BCUT2D eigenvalue weighted by Crippen LogP contribution is -2.39. The lowest BCUT2D eigenvalue weighted by atomic mass is 10.2. The van der Waals surface area contributed by atoms with E-state index in [0.29, 0.717) is 16.9 Å². The summed E-state index contributed by atoms with van der Waals surface area (Å²) >= 11 is 6.20. The molecule has 1 rings (SSSR count). The Balaban J connectivity index is 2.80. The highest BCUT2D eigenvalue weighted by Crippen LogP contribution is 2.19. The molecule has 1 atom stereocenters. The van der Waals surface area contributed by atoms with E-state index in [-0.39, 0.29) is 0 Å². The van der Waals surface area contributed by atoms with Gasteiger partial charge in [-0.25, -0.2) is 10.8 Å². The van der Waals surface area contributed by atoms with Gasteiger partial charge in [0.1, 0.15) is 5.82 Å². The van der Waals surface area contributed by atoms with Crippen molar-refractivity contribution >= 4 is 17.4 Å². The van der Waals surface area contributed by atoms with Gasteiger partial charge in [-0.3, -0.25) is 4.90 Å². The van der Waals surface area contributed by atoms with Gasteiger partial charge in [-0.2, -0.15) is 0 Å². The highest BCUT2D eigenvalue weighted by molar-refractivity contribution is 6.31. The number of nitrogens with zero attached hydrogens (tertiary/aromatic N) is 3. The summed E-state index contributed by atoms with van der Waals surface area (Å²) in [7, 11) is 4.16. The van der Waals surface area contributed by atoms with E-state index in [1.54, 1.807) is 6.07 Å². The second kappa shape index (κ2) is 7.65. The molecule has 1 aromatic rings. The molecule has 0 aromatic carbocycles. The van der Waals surface area contributed by atoms with Gasteiger partial charge in [0.25, 0.3) is 0 Å². The maximum atomic E-state index is 6.20. The Kier molecular flexibility index (Phi) is 6.51. The fourth-order valence-corrected chi connectivity index (χ4v) is 2.26. The number of likely N-dealkylation sites (N-methyl/N-ethyl adjacent to an activating group) is 2. The SMILES string of the molecule is CCN(Cc1nc(NN)ccc1Cl)C(C)CN(C)C. The number of hydrogen-bond donors (Lipinski definition) is 2. The largest absolute Gasteiger partial charge is 0.308 e. The summed E-state index contributed by atoms with van der Waals surface area (Å²) in [6.07, 6.45) is 0. The van der Waals surface area contributed by atoms with Crippen LogP contribution in [-0.2, 0) is 6.54 Å². The summed E-state index contributed by atoms with van der Waals surface area (Å²) in [5.41, 5.74) is 3.40. The highest BCUT2D eigenvalue weighted by atomic mass is 35.5. The van der Waals surface area contributed by atoms with Crippen molar-refractivity contribution in [3.05, 3.63) is 22.8 Å². The molecule has 19 heavy (non-hydrogen) atoms. The van der Waals surface area contributed by atoms with Crippen molar-refractivity contribution in [2.45, 2.75) is 26.4 Å². The van der Waals surface area contributed by atoms with Crippen LogP contribution in [0.4, 0.5) is 5.82 Å². The Labute approximate surface area is 120 Å². The second-order valence-corrected chi connectivity index (χ2v) is 5.35. The van der Waals surface area contributed by atoms with Gasteiger partial charge in [0.05, 0.1) is 10.7 Å². The quantitative estimate of drug-likeness (QED) is 0.591. The predicted octanol–water partition coefficient (Wildman–Crippen LogP) is 1.79. The van der Waals surface area contributed by atoms with Crippen molar-refractivity contribution in [2.24, 2.45) is 5.84 Å². The van der Waals surface area contributed by atoms with E-state index in [4.69, 9.17) is 17.4 Å². The second-order valence-electron chi connectivity index (χ2n) is 4.94. The highest BCUT2D eigenvalue weighted by Gasteiger charge is 2.15. The summed E-state index contributed by atoms with van der Waals surface area (Å²) < 4.78 is 0. The molecule has 0 aliphatic heterocycles. The number of nitrogens with two attached hydrogens (primary N) is 1. The molecule has 0 bridgehead atoms. The molecule has 0 amide bonds. The number of nitrogens with one attached hydrogen (secondary N) is 1. The molecular weight excluding hydrogens is 262 g/mol. The van der Waals surface area contributed by atoms with Crippen molar-refractivity contribution in [1.29, 1.82) is 0 Å². The van der Waals surface area contributed by atoms with Crippen LogP contribution in [0.15, 0.2) is 12.1 Å². The molecule has 0 saturated carbocycles. The van der Waals surface area contributed by atoms with Crippen LogP contribution in [0, 0.1) is 0 Å². The zero-order chi connectivity index (χ0) is 14.4. The molecular formula is C13H24ClN5. The molecule has 0 fully saturated rings. The third-order valence-corrected chi connectivity index (χ3v) is 3.42. The molecule has 0 aliphatic rings. The van der Waals surface area contributed by atoms with Gasteiger partial charge in [-0.1, -0.05) is 18.5 Å². The number of halogens is 1. The Bertz CT molecular complexity index is 397. The molecule has 0 aliphatic carbocycles. The topological polar surface area (TPSA) is 57.4 Å². The van der Waals surface area contributed by atoms with Crippen LogP contribution >= 0.6 is 11.6 Å². The first kappa shape index (κ1) is 16.2. The minimum absolute atomic E-state index is 0.437. The molecule has 1 heterocycles. The monoisotopic (exact) mass is 285 g/mol. The smallest absolute Gasteiger partial charge is 0.140 e. The standard InChI is InChI=1S/C13H24ClN5/c1-5-19(10(2)8-18(3)4)9-12-11(14)6-7-13(16-12)17-15/h6-7,10H,5,8-9,15H2,1-4H3,(H,16,17). The first-order chi connectivity index (χ1) is 8.97. The van der Waals surface area contributed by atoms with Crippen molar-refractivity contribution in [3.63, 3.8) is 0 Å². The van der Waals surface area contributed by atoms with E-state index in [0.717, 1.165) is 25.3 Å². The van der Waals surface area contributed by atoms with Crippen LogP contribution in [0.1, 0.15) is 19.5 Å². The molecule has 5 nitrogen and oxygen atoms in total. The molecule has 3 N–H and O–H groups in total. The summed E-state index contributed by atoms with van der Waals surface area (Å²) in [5, 5.41) is 0.675. The minimum Gasteiger partial charge on any atom is -0.308 e. The van der Waals surface area contributed by atoms with Crippen molar-refractivity contribution in [1.82, 2.24) is 14.8 Å². The van der Waals surface area contributed by atoms with Gasteiger partial charge >= 0.3 is 0 Å². The number of pyridine rings is 1. The Morgan fingerprint density at radius 3 is 2.63 bits per heavy atom. The van der Waals surface area contributed by atoms with Crippen LogP contribution < -0.4 is 11.3 Å². The number of hydrazine groups is 1. The maximum absolute atomic E-state index is 6.20. The van der Waals surface area contributed by atoms with E-state index in [2.05, 4.69) is 48.2 Å². The number of hydrogen-bond acceptors (Lipinski definition) is 5. The lowest BCUT2D eigenvalue weighted by Gasteiger charge is -2.29. The number of anilines is 1. The summed E-state index contributed by atoms with van der Waals surface area (Å²) in [6.45, 7) is 7.03. The van der Waals surface area contributed by atoms with Crippen LogP contribution in [-0.4, -0.2) is 48.0 Å². The molecule has 0 spiro atoms. The molecule has 0 radical (unpaired) electrons. The van der Waals surface area contributed by atoms with Crippen LogP contribution in [0.2, 0.25) is 5.02 Å². The van der Waals surface area contributed by atoms with Gasteiger partial charge in [0.2, 0.25) is 0 Å². The van der Waals surface area contributed by atoms with E-state index >= 15 is 0 Å². The Morgan fingerprint density at radius 1 is 1.42 bits per heavy atom. The van der Waals surface area contributed by atoms with Gasteiger partial charge in [-0.05, 0) is 39.7 Å². The number of aromatic nitrogens is 1. The van der Waals surface area contributed by atoms with Gasteiger partial charge < -0.3 is 10.3 Å². The Hall–Kier alpha value is -0.880. The third-order valence-electron chi connectivity index (χ3n) is 3.08. The molecule has 0 saturated heterocycles. The van der Waals surface area contributed by atoms with Crippen molar-refractivity contribution in [2.75, 3.05) is 32.6 Å². The minimum atomic E-state index is 0.437. The lowest BCUT2D eigenvalue weighted by molar-refractivity contribution is 0.172. The van der Waals surface area contributed by atoms with Gasteiger partial charge in [0.15, 0.2) is 0 Å². The van der Waals surface area contributed by atoms with E-state index in [1.807, 2.05) is 6.07 Å². The summed E-state index contributed by atoms with van der Waals surface area (Å²) in [4.78, 5) is 8.94. The third kappa shape index (κ3) is 4.95. The van der Waals surface area contributed by atoms with Gasteiger partial charge in [-0.15, -0.1) is 0 Å². The number of rotatable bonds is 7. The summed E-state index contributed by atoms with van der Waals surface area (Å²) in [5.74, 6) is 6.02. The molecule has 1 unspecified atom stereocenters. The van der Waals surface area contributed by atoms with E-state index < -0.39 is 0 Å². The van der Waals surface area contributed by atoms with Crippen molar-refractivity contribution < 1.29 is 0 Å². The number of nitrogen functional groups attached to an aromatic ring is 1.